The number of alkyl halides is 5. The van der Waals surface area contributed by atoms with Gasteiger partial charge in [0.25, 0.3) is 12.3 Å². The van der Waals surface area contributed by atoms with Gasteiger partial charge in [-0.1, -0.05) is 74.7 Å². The van der Waals surface area contributed by atoms with Gasteiger partial charge in [-0.05, 0) is 79.0 Å². The van der Waals surface area contributed by atoms with E-state index < -0.39 is 65.5 Å². The summed E-state index contributed by atoms with van der Waals surface area (Å²) >= 11 is 6.39. The second-order valence-corrected chi connectivity index (χ2v) is 15.9. The number of allylic oxidation sites excluding steroid dienone is 2. The summed E-state index contributed by atoms with van der Waals surface area (Å²) in [6, 6.07) is 17.0. The molecule has 2 heterocycles. The van der Waals surface area contributed by atoms with Gasteiger partial charge in [0, 0.05) is 16.9 Å². The fourth-order valence-corrected chi connectivity index (χ4v) is 7.29. The van der Waals surface area contributed by atoms with Crippen LogP contribution in [0.15, 0.2) is 88.5 Å². The molecule has 2 fully saturated rings. The average Bonchev–Trinajstić information content (AvgIpc) is 3.91. The molecule has 58 heavy (non-hydrogen) atoms. The Balaban J connectivity index is 1.37. The molecule has 2 aliphatic carbocycles. The number of guanidine groups is 1. The van der Waals surface area contributed by atoms with E-state index >= 15 is 4.79 Å². The van der Waals surface area contributed by atoms with Crippen LogP contribution in [-0.2, 0) is 15.1 Å². The summed E-state index contributed by atoms with van der Waals surface area (Å²) in [5, 5.41) is 24.5. The number of pyridine rings is 1. The summed E-state index contributed by atoms with van der Waals surface area (Å²) in [4.78, 5) is 37.1. The molecule has 1 aliphatic heterocycles. The highest BCUT2D eigenvalue weighted by atomic mass is 35.5. The molecule has 11 nitrogen and oxygen atoms in total. The van der Waals surface area contributed by atoms with E-state index in [1.54, 1.807) is 24.3 Å². The normalized spacial score (nSPS) is 21.0. The zero-order valence-corrected chi connectivity index (χ0v) is 32.4. The molecule has 2 aromatic carbocycles. The van der Waals surface area contributed by atoms with Crippen molar-refractivity contribution in [2.45, 2.75) is 76.2 Å². The molecular weight excluding hydrogens is 783 g/mol. The van der Waals surface area contributed by atoms with E-state index in [1.807, 2.05) is 62.5 Å². The summed E-state index contributed by atoms with van der Waals surface area (Å²) in [5.41, 5.74) is -2.14. The second-order valence-electron chi connectivity index (χ2n) is 15.5. The van der Waals surface area contributed by atoms with Gasteiger partial charge in [-0.15, -0.1) is 0 Å². The molecule has 0 spiro atoms. The van der Waals surface area contributed by atoms with E-state index in [4.69, 9.17) is 21.7 Å². The van der Waals surface area contributed by atoms with Crippen molar-refractivity contribution in [2.24, 2.45) is 16.3 Å². The van der Waals surface area contributed by atoms with Crippen molar-refractivity contribution >= 4 is 52.6 Å². The fraction of sp³-hybridized carbons (Fsp3) is 0.366. The molecule has 1 saturated heterocycles. The Kier molecular flexibility index (Phi) is 11.7. The molecule has 1 saturated carbocycles. The number of amidine groups is 1. The number of rotatable bonds is 10. The zero-order chi connectivity index (χ0) is 42.0. The Morgan fingerprint density at radius 3 is 2.50 bits per heavy atom. The largest absolute Gasteiger partial charge is 0.447 e. The number of amides is 2. The van der Waals surface area contributed by atoms with Gasteiger partial charge < -0.3 is 20.7 Å². The second kappa shape index (κ2) is 16.2. The van der Waals surface area contributed by atoms with Crippen LogP contribution in [0.25, 0.3) is 10.9 Å². The standard InChI is InChI=1S/C41H40ClF5N8O3/c1-38(2,3)22-40(27-12-16-30-25(19-27)10-14-28(51-30)13-9-24-7-5-4-6-8-24)35(56)55(36(49)53-40)32(21-58-37(57)54-39(17-18-39)41(45,46)47)26-11-15-29(42)31(20-26)52-34(33(43)44)50-23-48/h4-8,10,12,14-16,19-20,23,26,32-33H,11,17-18,21-22H2,1-3H3,(H2,49,53)(H,54,57)(H2,48,50,52)/t26?,32-,40-/m1/s1. The number of aromatic nitrogens is 1. The third kappa shape index (κ3) is 8.99. The van der Waals surface area contributed by atoms with Crippen LogP contribution in [0.5, 0.6) is 0 Å². The van der Waals surface area contributed by atoms with E-state index in [2.05, 4.69) is 32.5 Å². The molecule has 1 aromatic heterocycles. The highest BCUT2D eigenvalue weighted by molar-refractivity contribution is 6.32. The van der Waals surface area contributed by atoms with Crippen molar-refractivity contribution in [3.63, 3.8) is 0 Å². The number of hydrogen-bond donors (Lipinski definition) is 5. The summed E-state index contributed by atoms with van der Waals surface area (Å²) in [5.74, 6) is 3.36. The highest BCUT2D eigenvalue weighted by Crippen LogP contribution is 2.49. The van der Waals surface area contributed by atoms with Gasteiger partial charge in [0.1, 0.15) is 29.7 Å². The van der Waals surface area contributed by atoms with Crippen LogP contribution in [0.4, 0.5) is 26.7 Å². The van der Waals surface area contributed by atoms with Crippen LogP contribution in [0.3, 0.4) is 0 Å². The van der Waals surface area contributed by atoms with E-state index in [9.17, 15) is 32.2 Å². The molecule has 3 aromatic rings. The lowest BCUT2D eigenvalue weighted by Gasteiger charge is -2.36. The quantitative estimate of drug-likeness (QED) is 0.0611. The molecule has 3 aliphatic rings. The van der Waals surface area contributed by atoms with Gasteiger partial charge in [-0.25, -0.2) is 23.6 Å². The van der Waals surface area contributed by atoms with Crippen LogP contribution < -0.4 is 16.0 Å². The van der Waals surface area contributed by atoms with E-state index in [0.29, 0.717) is 28.5 Å². The minimum atomic E-state index is -4.73. The summed E-state index contributed by atoms with van der Waals surface area (Å²) in [6.07, 6.45) is -6.40. The van der Waals surface area contributed by atoms with E-state index in [1.165, 1.54) is 12.2 Å². The molecule has 6 rings (SSSR count). The number of benzene rings is 2. The summed E-state index contributed by atoms with van der Waals surface area (Å²) in [7, 11) is 0. The number of alkyl carbamates (subject to hydrolysis) is 1. The number of fused-ring (bicyclic) bond motifs is 1. The summed E-state index contributed by atoms with van der Waals surface area (Å²) < 4.78 is 74.1. The molecule has 3 atom stereocenters. The van der Waals surface area contributed by atoms with Gasteiger partial charge in [0.2, 0.25) is 0 Å². The number of halogens is 6. The fourth-order valence-electron chi connectivity index (χ4n) is 7.09. The molecule has 0 bridgehead atoms. The van der Waals surface area contributed by atoms with Crippen LogP contribution in [0.1, 0.15) is 63.3 Å². The SMILES string of the molecule is CC(C)(C)C[C@]1(c2ccc3nc(C#Cc4ccccc4)ccc3c2)NC(=N)N([C@H](COC(=O)NC2(C(F)(F)F)CC2)C2C=C(N/C(=N\C=N)C(F)F)C(Cl)=CC2)C1=O. The van der Waals surface area contributed by atoms with Crippen molar-refractivity contribution in [1.29, 1.82) is 10.8 Å². The average molecular weight is 823 g/mol. The lowest BCUT2D eigenvalue weighted by atomic mass is 9.75. The number of aliphatic imine (C=N–C) groups is 1. The van der Waals surface area contributed by atoms with E-state index in [-0.39, 0.29) is 42.4 Å². The first-order valence-electron chi connectivity index (χ1n) is 18.2. The first-order chi connectivity index (χ1) is 27.3. The first kappa shape index (κ1) is 41.8. The lowest BCUT2D eigenvalue weighted by molar-refractivity contribution is -0.164. The Bertz CT molecular complexity index is 2280. The van der Waals surface area contributed by atoms with Crippen LogP contribution in [0.2, 0.25) is 0 Å². The minimum absolute atomic E-state index is 0.00912. The maximum atomic E-state index is 15.1. The monoisotopic (exact) mass is 822 g/mol. The lowest BCUT2D eigenvalue weighted by Crippen LogP contribution is -2.52. The predicted molar refractivity (Wildman–Crippen MR) is 209 cm³/mol. The first-order valence-corrected chi connectivity index (χ1v) is 18.6. The third-order valence-corrected chi connectivity index (χ3v) is 10.3. The number of ether oxygens (including phenoxy) is 1. The molecule has 304 valence electrons. The van der Waals surface area contributed by atoms with Crippen molar-refractivity contribution in [2.75, 3.05) is 6.61 Å². The van der Waals surface area contributed by atoms with Crippen LogP contribution in [-0.4, -0.2) is 70.8 Å². The number of hydrogen-bond acceptors (Lipinski definition) is 6. The Morgan fingerprint density at radius 2 is 1.86 bits per heavy atom. The Hall–Kier alpha value is -5.82. The van der Waals surface area contributed by atoms with Gasteiger partial charge in [-0.2, -0.15) is 13.2 Å². The van der Waals surface area contributed by atoms with Crippen molar-refractivity contribution in [3.8, 4) is 11.8 Å². The third-order valence-electron chi connectivity index (χ3n) is 9.97. The molecule has 17 heteroatoms. The molecule has 5 N–H and O–H groups in total. The van der Waals surface area contributed by atoms with Gasteiger partial charge >= 0.3 is 12.3 Å². The zero-order valence-electron chi connectivity index (χ0n) is 31.6. The molecule has 0 radical (unpaired) electrons. The maximum absolute atomic E-state index is 15.1. The Morgan fingerprint density at radius 1 is 1.14 bits per heavy atom. The Labute approximate surface area is 336 Å². The molecular formula is C41H40ClF5N8O3. The van der Waals surface area contributed by atoms with Crippen molar-refractivity contribution in [1.82, 2.24) is 25.8 Å². The number of carbonyl (C=O) groups excluding carboxylic acids is 2. The van der Waals surface area contributed by atoms with E-state index in [0.717, 1.165) is 10.5 Å². The maximum Gasteiger partial charge on any atom is 0.411 e. The van der Waals surface area contributed by atoms with Crippen molar-refractivity contribution < 1.29 is 36.3 Å². The van der Waals surface area contributed by atoms with Crippen molar-refractivity contribution in [3.05, 3.63) is 100 Å². The topological polar surface area (TPSA) is 156 Å². The molecule has 2 amide bonds. The minimum Gasteiger partial charge on any atom is -0.447 e. The highest BCUT2D eigenvalue weighted by Gasteiger charge is 2.65. The smallest absolute Gasteiger partial charge is 0.411 e. The van der Waals surface area contributed by atoms with Crippen LogP contribution in [0, 0.1) is 34.0 Å². The van der Waals surface area contributed by atoms with Gasteiger partial charge in [0.05, 0.1) is 22.3 Å². The number of carbonyl (C=O) groups is 2. The molecule has 1 unspecified atom stereocenters. The van der Waals surface area contributed by atoms with Gasteiger partial charge in [-0.3, -0.25) is 20.5 Å². The predicted octanol–water partition coefficient (Wildman–Crippen LogP) is 7.71. The number of nitrogens with zero attached hydrogens (tertiary/aromatic N) is 3. The summed E-state index contributed by atoms with van der Waals surface area (Å²) in [6.45, 7) is 5.06. The van der Waals surface area contributed by atoms with Gasteiger partial charge in [0.15, 0.2) is 11.8 Å². The van der Waals surface area contributed by atoms with Crippen LogP contribution >= 0.6 is 11.6 Å². The number of nitrogens with one attached hydrogen (secondary N) is 5.